The van der Waals surface area contributed by atoms with Gasteiger partial charge in [0.15, 0.2) is 5.78 Å². The molecule has 1 aliphatic heterocycles. The lowest BCUT2D eigenvalue weighted by atomic mass is 9.95. The van der Waals surface area contributed by atoms with Gasteiger partial charge in [-0.15, -0.1) is 0 Å². The first-order valence-corrected chi connectivity index (χ1v) is 8.10. The molecule has 0 unspecified atom stereocenters. The van der Waals surface area contributed by atoms with Crippen LogP contribution in [0.2, 0.25) is 0 Å². The van der Waals surface area contributed by atoms with Crippen molar-refractivity contribution in [1.29, 1.82) is 0 Å². The van der Waals surface area contributed by atoms with Crippen molar-refractivity contribution < 1.29 is 14.3 Å². The van der Waals surface area contributed by atoms with E-state index >= 15 is 0 Å². The van der Waals surface area contributed by atoms with Crippen molar-refractivity contribution in [2.24, 2.45) is 5.41 Å². The molecule has 5 nitrogen and oxygen atoms in total. The number of amides is 1. The predicted molar refractivity (Wildman–Crippen MR) is 87.7 cm³/mol. The highest BCUT2D eigenvalue weighted by molar-refractivity contribution is 5.94. The molecule has 0 aliphatic carbocycles. The number of hydrogen-bond acceptors (Lipinski definition) is 4. The minimum Gasteiger partial charge on any atom is -0.379 e. The number of hydrogen-bond donors (Lipinski definition) is 1. The van der Waals surface area contributed by atoms with Crippen molar-refractivity contribution in [1.82, 2.24) is 10.2 Å². The summed E-state index contributed by atoms with van der Waals surface area (Å²) < 4.78 is 5.30. The third-order valence-corrected chi connectivity index (χ3v) is 3.78. The molecule has 126 valence electrons. The first-order chi connectivity index (χ1) is 10.3. The van der Waals surface area contributed by atoms with Gasteiger partial charge in [0, 0.05) is 38.0 Å². The van der Waals surface area contributed by atoms with Crippen LogP contribution < -0.4 is 5.32 Å². The highest BCUT2D eigenvalue weighted by Crippen LogP contribution is 2.12. The van der Waals surface area contributed by atoms with Gasteiger partial charge >= 0.3 is 0 Å². The first kappa shape index (κ1) is 18.8. The molecule has 0 bridgehead atoms. The summed E-state index contributed by atoms with van der Waals surface area (Å²) in [7, 11) is 0. The zero-order chi connectivity index (χ0) is 16.6. The number of ether oxygens (including phenoxy) is 1. The Kier molecular flexibility index (Phi) is 7.76. The number of carbonyl (C=O) groups excluding carboxylic acids is 2. The molecule has 5 heteroatoms. The third-order valence-electron chi connectivity index (χ3n) is 3.78. The van der Waals surface area contributed by atoms with Gasteiger partial charge in [-0.3, -0.25) is 14.5 Å². The van der Waals surface area contributed by atoms with Crippen molar-refractivity contribution in [2.75, 3.05) is 39.4 Å². The summed E-state index contributed by atoms with van der Waals surface area (Å²) >= 11 is 0. The Morgan fingerprint density at radius 2 is 1.82 bits per heavy atom. The molecule has 1 aliphatic rings. The van der Waals surface area contributed by atoms with Crippen molar-refractivity contribution >= 4 is 11.7 Å². The molecule has 1 heterocycles. The molecule has 1 amide bonds. The fourth-order valence-electron chi connectivity index (χ4n) is 2.15. The molecule has 1 rings (SSSR count). The lowest BCUT2D eigenvalue weighted by molar-refractivity contribution is -0.128. The molecular weight excluding hydrogens is 280 g/mol. The number of carbonyl (C=O) groups is 2. The number of ketones is 1. The van der Waals surface area contributed by atoms with Crippen molar-refractivity contribution in [2.45, 2.75) is 40.0 Å². The molecule has 0 radical (unpaired) electrons. The molecular formula is C17H30N2O3. The average molecular weight is 310 g/mol. The molecule has 22 heavy (non-hydrogen) atoms. The first-order valence-electron chi connectivity index (χ1n) is 8.10. The van der Waals surface area contributed by atoms with Crippen molar-refractivity contribution in [3.05, 3.63) is 12.2 Å². The van der Waals surface area contributed by atoms with E-state index in [0.29, 0.717) is 31.4 Å². The minimum absolute atomic E-state index is 0.0195. The molecule has 0 spiro atoms. The maximum Gasteiger partial charge on any atom is 0.225 e. The Labute approximate surface area is 134 Å². The van der Waals surface area contributed by atoms with Crippen LogP contribution in [0.15, 0.2) is 12.2 Å². The molecule has 1 N–H and O–H groups in total. The summed E-state index contributed by atoms with van der Waals surface area (Å²) in [4.78, 5) is 26.0. The van der Waals surface area contributed by atoms with E-state index in [0.717, 1.165) is 32.8 Å². The van der Waals surface area contributed by atoms with Crippen LogP contribution in [0.5, 0.6) is 0 Å². The van der Waals surface area contributed by atoms with Crippen LogP contribution >= 0.6 is 0 Å². The number of nitrogens with zero attached hydrogens (tertiary/aromatic N) is 1. The maximum atomic E-state index is 12.0. The normalized spacial score (nSPS) is 16.3. The summed E-state index contributed by atoms with van der Waals surface area (Å²) in [6.07, 6.45) is 1.83. The summed E-state index contributed by atoms with van der Waals surface area (Å²) in [5, 5.41) is 2.86. The van der Waals surface area contributed by atoms with Crippen molar-refractivity contribution in [3.8, 4) is 0 Å². The monoisotopic (exact) mass is 310 g/mol. The van der Waals surface area contributed by atoms with Gasteiger partial charge in [-0.2, -0.15) is 0 Å². The Morgan fingerprint density at radius 1 is 1.18 bits per heavy atom. The van der Waals surface area contributed by atoms with Crippen LogP contribution in [0, 0.1) is 5.41 Å². The molecule has 0 aromatic carbocycles. The molecule has 0 aromatic rings. The molecule has 0 saturated carbocycles. The number of rotatable bonds is 8. The van der Waals surface area contributed by atoms with E-state index in [-0.39, 0.29) is 17.1 Å². The molecule has 0 aromatic heterocycles. The van der Waals surface area contributed by atoms with Crippen LogP contribution in [0.25, 0.3) is 0 Å². The van der Waals surface area contributed by atoms with Gasteiger partial charge in [-0.25, -0.2) is 0 Å². The largest absolute Gasteiger partial charge is 0.379 e. The van der Waals surface area contributed by atoms with Gasteiger partial charge < -0.3 is 10.1 Å². The van der Waals surface area contributed by atoms with Gasteiger partial charge in [-0.05, 0) is 18.4 Å². The van der Waals surface area contributed by atoms with Gasteiger partial charge in [0.2, 0.25) is 5.91 Å². The van der Waals surface area contributed by atoms with E-state index in [4.69, 9.17) is 4.74 Å². The fraction of sp³-hybridized carbons (Fsp3) is 0.765. The second kappa shape index (κ2) is 9.06. The van der Waals surface area contributed by atoms with Crippen molar-refractivity contribution in [3.63, 3.8) is 0 Å². The van der Waals surface area contributed by atoms with Crippen LogP contribution in [-0.4, -0.2) is 56.0 Å². The summed E-state index contributed by atoms with van der Waals surface area (Å²) in [5.74, 6) is 0.129. The Bertz CT molecular complexity index is 393. The Morgan fingerprint density at radius 3 is 2.41 bits per heavy atom. The van der Waals surface area contributed by atoms with Crippen LogP contribution in [0.4, 0.5) is 0 Å². The van der Waals surface area contributed by atoms with Gasteiger partial charge in [0.05, 0.1) is 13.2 Å². The molecule has 0 atom stereocenters. The van der Waals surface area contributed by atoms with Gasteiger partial charge in [0.25, 0.3) is 0 Å². The fourth-order valence-corrected chi connectivity index (χ4v) is 2.15. The van der Waals surface area contributed by atoms with E-state index in [9.17, 15) is 9.59 Å². The van der Waals surface area contributed by atoms with E-state index in [1.54, 1.807) is 0 Å². The second-order valence-corrected chi connectivity index (χ2v) is 6.84. The SMILES string of the molecule is C=C(CCN1CCOCC1)C(=O)CCCNC(=O)C(C)(C)C. The quantitative estimate of drug-likeness (QED) is 0.548. The van der Waals surface area contributed by atoms with E-state index in [2.05, 4.69) is 16.8 Å². The van der Waals surface area contributed by atoms with Gasteiger partial charge in [0.1, 0.15) is 0 Å². The van der Waals surface area contributed by atoms with E-state index in [1.165, 1.54) is 0 Å². The Balaban J connectivity index is 2.13. The lowest BCUT2D eigenvalue weighted by Crippen LogP contribution is -2.37. The third kappa shape index (κ3) is 7.18. The highest BCUT2D eigenvalue weighted by Gasteiger charge is 2.20. The zero-order valence-corrected chi connectivity index (χ0v) is 14.2. The number of nitrogens with one attached hydrogen (secondary N) is 1. The average Bonchev–Trinajstić information content (AvgIpc) is 2.48. The smallest absolute Gasteiger partial charge is 0.225 e. The standard InChI is InChI=1S/C17H30N2O3/c1-14(7-9-19-10-12-22-13-11-19)15(20)6-5-8-18-16(21)17(2,3)4/h1,5-13H2,2-4H3,(H,18,21). The van der Waals surface area contributed by atoms with E-state index < -0.39 is 0 Å². The van der Waals surface area contributed by atoms with Gasteiger partial charge in [-0.1, -0.05) is 27.4 Å². The topological polar surface area (TPSA) is 58.6 Å². The van der Waals surface area contributed by atoms with Crippen LogP contribution in [0.3, 0.4) is 0 Å². The Hall–Kier alpha value is -1.20. The van der Waals surface area contributed by atoms with Crippen LogP contribution in [-0.2, 0) is 14.3 Å². The summed E-state index contributed by atoms with van der Waals surface area (Å²) in [6.45, 7) is 14.3. The number of morpholine rings is 1. The molecule has 1 saturated heterocycles. The van der Waals surface area contributed by atoms with E-state index in [1.807, 2.05) is 20.8 Å². The van der Waals surface area contributed by atoms with Crippen LogP contribution in [0.1, 0.15) is 40.0 Å². The maximum absolute atomic E-state index is 12.0. The summed E-state index contributed by atoms with van der Waals surface area (Å²) in [6, 6.07) is 0. The second-order valence-electron chi connectivity index (χ2n) is 6.84. The zero-order valence-electron chi connectivity index (χ0n) is 14.2. The molecule has 1 fully saturated rings. The number of Topliss-reactive ketones (excluding diaryl/α,β-unsaturated/α-hetero) is 1. The predicted octanol–water partition coefficient (Wildman–Crippen LogP) is 1.78. The lowest BCUT2D eigenvalue weighted by Gasteiger charge is -2.26. The highest BCUT2D eigenvalue weighted by atomic mass is 16.5. The summed E-state index contributed by atoms with van der Waals surface area (Å²) in [5.41, 5.74) is 0.305. The minimum atomic E-state index is -0.383.